The number of nitrogens with zero attached hydrogens (tertiary/aromatic N) is 3. The van der Waals surface area contributed by atoms with Crippen molar-refractivity contribution in [2.75, 3.05) is 33.8 Å². The molecule has 8 heteroatoms. The van der Waals surface area contributed by atoms with E-state index in [-0.39, 0.29) is 24.0 Å². The van der Waals surface area contributed by atoms with Crippen molar-refractivity contribution in [2.45, 2.75) is 52.6 Å². The van der Waals surface area contributed by atoms with Crippen LogP contribution < -0.4 is 15.4 Å². The van der Waals surface area contributed by atoms with Gasteiger partial charge in [0.2, 0.25) is 0 Å². The summed E-state index contributed by atoms with van der Waals surface area (Å²) in [5.74, 6) is 2.88. The summed E-state index contributed by atoms with van der Waals surface area (Å²) in [6.45, 7) is 9.78. The molecule has 2 rings (SSSR count). The molecule has 174 valence electrons. The van der Waals surface area contributed by atoms with Gasteiger partial charge >= 0.3 is 0 Å². The molecule has 1 aromatic carbocycles. The summed E-state index contributed by atoms with van der Waals surface area (Å²) in [4.78, 5) is 6.82. The highest BCUT2D eigenvalue weighted by Gasteiger charge is 2.13. The number of nitrogens with one attached hydrogen (secondary N) is 2. The Labute approximate surface area is 204 Å². The van der Waals surface area contributed by atoms with Gasteiger partial charge in [-0.15, -0.1) is 24.0 Å². The maximum absolute atomic E-state index is 5.94. The van der Waals surface area contributed by atoms with Gasteiger partial charge in [0.1, 0.15) is 12.4 Å². The van der Waals surface area contributed by atoms with E-state index >= 15 is 0 Å². The summed E-state index contributed by atoms with van der Waals surface area (Å²) >= 11 is 0. The molecule has 0 saturated heterocycles. The largest absolute Gasteiger partial charge is 0.492 e. The Hall–Kier alpha value is -1.81. The number of aliphatic imine (C=N–C) groups is 1. The van der Waals surface area contributed by atoms with Crippen LogP contribution in [0.15, 0.2) is 39.8 Å². The van der Waals surface area contributed by atoms with Gasteiger partial charge in [0.15, 0.2) is 11.7 Å². The molecule has 1 heterocycles. The van der Waals surface area contributed by atoms with Gasteiger partial charge in [0, 0.05) is 30.6 Å². The number of hydrogen-bond donors (Lipinski definition) is 2. The van der Waals surface area contributed by atoms with Crippen LogP contribution in [0, 0.1) is 0 Å². The van der Waals surface area contributed by atoms with Gasteiger partial charge in [-0.1, -0.05) is 37.2 Å². The quantitative estimate of drug-likeness (QED) is 0.235. The molecule has 0 saturated carbocycles. The molecule has 0 bridgehead atoms. The summed E-state index contributed by atoms with van der Waals surface area (Å²) in [6, 6.07) is 10.1. The first-order valence-electron chi connectivity index (χ1n) is 10.9. The SMILES string of the molecule is CCNC(=NCc1ccccc1OCCN(C)C)NCc1cc(C(CC)CC)no1.I. The summed E-state index contributed by atoms with van der Waals surface area (Å²) in [5.41, 5.74) is 2.09. The zero-order valence-corrected chi connectivity index (χ0v) is 21.8. The highest BCUT2D eigenvalue weighted by molar-refractivity contribution is 14.0. The predicted octanol–water partition coefficient (Wildman–Crippen LogP) is 4.39. The molecule has 2 N–H and O–H groups in total. The molecule has 0 aliphatic heterocycles. The Bertz CT molecular complexity index is 775. The molecule has 0 radical (unpaired) electrons. The van der Waals surface area contributed by atoms with E-state index in [4.69, 9.17) is 14.3 Å². The number of ether oxygens (including phenoxy) is 1. The Kier molecular flexibility index (Phi) is 13.2. The summed E-state index contributed by atoms with van der Waals surface area (Å²) in [7, 11) is 4.08. The highest BCUT2D eigenvalue weighted by Crippen LogP contribution is 2.22. The van der Waals surface area contributed by atoms with Gasteiger partial charge in [-0.25, -0.2) is 4.99 Å². The lowest BCUT2D eigenvalue weighted by Gasteiger charge is -2.14. The third-order valence-electron chi connectivity index (χ3n) is 4.93. The van der Waals surface area contributed by atoms with Crippen molar-refractivity contribution < 1.29 is 9.26 Å². The predicted molar refractivity (Wildman–Crippen MR) is 137 cm³/mol. The number of likely N-dealkylation sites (N-methyl/N-ethyl adjacent to an activating group) is 1. The van der Waals surface area contributed by atoms with Crippen molar-refractivity contribution in [3.05, 3.63) is 47.3 Å². The van der Waals surface area contributed by atoms with Crippen molar-refractivity contribution in [1.29, 1.82) is 0 Å². The topological polar surface area (TPSA) is 74.9 Å². The minimum absolute atomic E-state index is 0. The molecular weight excluding hydrogens is 505 g/mol. The fraction of sp³-hybridized carbons (Fsp3) is 0.565. The highest BCUT2D eigenvalue weighted by atomic mass is 127. The fourth-order valence-electron chi connectivity index (χ4n) is 3.10. The first-order valence-corrected chi connectivity index (χ1v) is 10.9. The first kappa shape index (κ1) is 27.2. The number of para-hydroxylation sites is 1. The summed E-state index contributed by atoms with van der Waals surface area (Å²) in [5, 5.41) is 10.8. The average Bonchev–Trinajstić information content (AvgIpc) is 3.20. The maximum Gasteiger partial charge on any atom is 0.191 e. The molecule has 1 aromatic heterocycles. The van der Waals surface area contributed by atoms with E-state index in [0.29, 0.717) is 25.6 Å². The lowest BCUT2D eigenvalue weighted by atomic mass is 9.99. The van der Waals surface area contributed by atoms with Crippen LogP contribution in [0.25, 0.3) is 0 Å². The van der Waals surface area contributed by atoms with Crippen LogP contribution in [0.3, 0.4) is 0 Å². The van der Waals surface area contributed by atoms with Crippen molar-refractivity contribution in [3.8, 4) is 5.75 Å². The summed E-state index contributed by atoms with van der Waals surface area (Å²) in [6.07, 6.45) is 2.13. The van der Waals surface area contributed by atoms with E-state index in [1.807, 2.05) is 38.4 Å². The van der Waals surface area contributed by atoms with Gasteiger partial charge in [-0.05, 0) is 39.9 Å². The zero-order chi connectivity index (χ0) is 21.8. The molecule has 0 fully saturated rings. The van der Waals surface area contributed by atoms with Crippen molar-refractivity contribution >= 4 is 29.9 Å². The Morgan fingerprint density at radius 2 is 1.90 bits per heavy atom. The van der Waals surface area contributed by atoms with E-state index in [1.54, 1.807) is 0 Å². The van der Waals surface area contributed by atoms with Crippen LogP contribution in [0.4, 0.5) is 0 Å². The minimum atomic E-state index is 0. The van der Waals surface area contributed by atoms with Gasteiger partial charge in [0.05, 0.1) is 18.8 Å². The van der Waals surface area contributed by atoms with Crippen LogP contribution in [0.2, 0.25) is 0 Å². The standard InChI is InChI=1S/C23H37N5O2.HI/c1-6-18(7-2)21-15-20(30-27-21)17-26-23(24-8-3)25-16-19-11-9-10-12-22(19)29-14-13-28(4)5;/h9-12,15,18H,6-8,13-14,16-17H2,1-5H3,(H2,24,25,26);1H. The van der Waals surface area contributed by atoms with Gasteiger partial charge < -0.3 is 24.8 Å². The number of halogens is 1. The number of hydrogen-bond acceptors (Lipinski definition) is 5. The van der Waals surface area contributed by atoms with Crippen LogP contribution in [-0.2, 0) is 13.1 Å². The van der Waals surface area contributed by atoms with Crippen LogP contribution >= 0.6 is 24.0 Å². The number of aromatic nitrogens is 1. The second kappa shape index (κ2) is 15.1. The summed E-state index contributed by atoms with van der Waals surface area (Å²) < 4.78 is 11.4. The molecule has 0 atom stereocenters. The molecule has 2 aromatic rings. The van der Waals surface area contributed by atoms with Gasteiger partial charge in [0.25, 0.3) is 0 Å². The molecule has 7 nitrogen and oxygen atoms in total. The lowest BCUT2D eigenvalue weighted by Crippen LogP contribution is -2.36. The van der Waals surface area contributed by atoms with Crippen molar-refractivity contribution in [1.82, 2.24) is 20.7 Å². The van der Waals surface area contributed by atoms with E-state index in [2.05, 4.69) is 47.5 Å². The molecule has 0 spiro atoms. The maximum atomic E-state index is 5.94. The van der Waals surface area contributed by atoms with Crippen LogP contribution in [-0.4, -0.2) is 49.8 Å². The van der Waals surface area contributed by atoms with Crippen molar-refractivity contribution in [2.24, 2.45) is 4.99 Å². The minimum Gasteiger partial charge on any atom is -0.492 e. The van der Waals surface area contributed by atoms with E-state index < -0.39 is 0 Å². The van der Waals surface area contributed by atoms with Gasteiger partial charge in [-0.3, -0.25) is 0 Å². The molecule has 31 heavy (non-hydrogen) atoms. The third-order valence-corrected chi connectivity index (χ3v) is 4.93. The Balaban J connectivity index is 0.00000480. The lowest BCUT2D eigenvalue weighted by molar-refractivity contribution is 0.259. The monoisotopic (exact) mass is 543 g/mol. The number of guanidine groups is 1. The molecule has 0 amide bonds. The molecule has 0 unspecified atom stereocenters. The average molecular weight is 543 g/mol. The molecular formula is C23H38IN5O2. The first-order chi connectivity index (χ1) is 14.6. The third kappa shape index (κ3) is 9.47. The normalized spacial score (nSPS) is 11.5. The van der Waals surface area contributed by atoms with Gasteiger partial charge in [-0.2, -0.15) is 0 Å². The van der Waals surface area contributed by atoms with Crippen molar-refractivity contribution in [3.63, 3.8) is 0 Å². The van der Waals surface area contributed by atoms with Crippen LogP contribution in [0.1, 0.15) is 56.5 Å². The second-order valence-corrected chi connectivity index (χ2v) is 7.54. The van der Waals surface area contributed by atoms with Crippen LogP contribution in [0.5, 0.6) is 5.75 Å². The second-order valence-electron chi connectivity index (χ2n) is 7.54. The number of benzene rings is 1. The molecule has 0 aliphatic rings. The Morgan fingerprint density at radius 3 is 2.58 bits per heavy atom. The smallest absolute Gasteiger partial charge is 0.191 e. The Morgan fingerprint density at radius 1 is 1.16 bits per heavy atom. The number of rotatable bonds is 12. The van der Waals surface area contributed by atoms with E-state index in [9.17, 15) is 0 Å². The van der Waals surface area contributed by atoms with E-state index in [0.717, 1.165) is 54.7 Å². The van der Waals surface area contributed by atoms with E-state index in [1.165, 1.54) is 0 Å². The fourth-order valence-corrected chi connectivity index (χ4v) is 3.10. The zero-order valence-electron chi connectivity index (χ0n) is 19.5. The molecule has 0 aliphatic carbocycles.